The SMILES string of the molecule is C[C@@]1(c2ccc(F)cc2F)NC(=O)N(CC(=O)NCc2ccco2)C1=O. The molecule has 7 nitrogen and oxygen atoms in total. The molecule has 1 fully saturated rings. The fraction of sp³-hybridized carbons (Fsp3) is 0.235. The van der Waals surface area contributed by atoms with Crippen molar-refractivity contribution in [2.75, 3.05) is 6.54 Å². The third kappa shape index (κ3) is 3.15. The average Bonchev–Trinajstić information content (AvgIpc) is 3.16. The highest BCUT2D eigenvalue weighted by atomic mass is 19.1. The van der Waals surface area contributed by atoms with Crippen LogP contribution in [0.5, 0.6) is 0 Å². The third-order valence-corrected chi connectivity index (χ3v) is 4.09. The first-order valence-electron chi connectivity index (χ1n) is 7.70. The zero-order valence-electron chi connectivity index (χ0n) is 13.7. The highest BCUT2D eigenvalue weighted by Gasteiger charge is 2.50. The first-order chi connectivity index (χ1) is 12.3. The molecule has 2 heterocycles. The minimum absolute atomic E-state index is 0.0966. The van der Waals surface area contributed by atoms with Crippen LogP contribution in [-0.4, -0.2) is 29.3 Å². The minimum Gasteiger partial charge on any atom is -0.467 e. The number of benzene rings is 1. The predicted octanol–water partition coefficient (Wildman–Crippen LogP) is 1.64. The van der Waals surface area contributed by atoms with Crippen molar-refractivity contribution in [3.8, 4) is 0 Å². The molecule has 2 aromatic rings. The summed E-state index contributed by atoms with van der Waals surface area (Å²) in [4.78, 5) is 37.4. The second-order valence-corrected chi connectivity index (χ2v) is 5.93. The van der Waals surface area contributed by atoms with E-state index >= 15 is 0 Å². The van der Waals surface area contributed by atoms with E-state index in [2.05, 4.69) is 10.6 Å². The molecule has 0 saturated carbocycles. The highest BCUT2D eigenvalue weighted by molar-refractivity contribution is 6.09. The van der Waals surface area contributed by atoms with Gasteiger partial charge in [-0.2, -0.15) is 0 Å². The zero-order valence-corrected chi connectivity index (χ0v) is 13.7. The number of urea groups is 1. The number of imide groups is 1. The monoisotopic (exact) mass is 363 g/mol. The maximum absolute atomic E-state index is 14.1. The lowest BCUT2D eigenvalue weighted by Gasteiger charge is -2.22. The number of nitrogens with one attached hydrogen (secondary N) is 2. The van der Waals surface area contributed by atoms with Crippen LogP contribution in [0.4, 0.5) is 13.6 Å². The second kappa shape index (κ2) is 6.58. The van der Waals surface area contributed by atoms with E-state index in [0.717, 1.165) is 12.1 Å². The molecule has 2 N–H and O–H groups in total. The number of hydrogen-bond donors (Lipinski definition) is 2. The van der Waals surface area contributed by atoms with Crippen LogP contribution in [0.3, 0.4) is 0 Å². The summed E-state index contributed by atoms with van der Waals surface area (Å²) in [5.41, 5.74) is -1.91. The van der Waals surface area contributed by atoms with E-state index in [1.54, 1.807) is 12.1 Å². The molecule has 1 aromatic carbocycles. The molecule has 4 amide bonds. The van der Waals surface area contributed by atoms with Gasteiger partial charge in [0.1, 0.15) is 29.5 Å². The summed E-state index contributed by atoms with van der Waals surface area (Å²) in [6.07, 6.45) is 1.45. The van der Waals surface area contributed by atoms with Gasteiger partial charge in [-0.05, 0) is 25.1 Å². The first kappa shape index (κ1) is 17.6. The molecule has 136 valence electrons. The molecular weight excluding hydrogens is 348 g/mol. The molecule has 0 unspecified atom stereocenters. The van der Waals surface area contributed by atoms with Gasteiger partial charge in [0.25, 0.3) is 5.91 Å². The van der Waals surface area contributed by atoms with Crippen molar-refractivity contribution in [1.29, 1.82) is 0 Å². The van der Waals surface area contributed by atoms with E-state index in [1.165, 1.54) is 13.2 Å². The number of amides is 4. The Labute approximate surface area is 147 Å². The largest absolute Gasteiger partial charge is 0.467 e. The standard InChI is InChI=1S/C17H15F2N3O4/c1-17(12-5-4-10(18)7-13(12)19)15(24)22(16(25)21-17)9-14(23)20-8-11-3-2-6-26-11/h2-7H,8-9H2,1H3,(H,20,23)(H,21,25)/t17-/m0/s1. The van der Waals surface area contributed by atoms with Gasteiger partial charge in [0.15, 0.2) is 0 Å². The zero-order chi connectivity index (χ0) is 18.9. The predicted molar refractivity (Wildman–Crippen MR) is 84.5 cm³/mol. The quantitative estimate of drug-likeness (QED) is 0.790. The second-order valence-electron chi connectivity index (χ2n) is 5.93. The number of hydrogen-bond acceptors (Lipinski definition) is 4. The molecule has 0 radical (unpaired) electrons. The van der Waals surface area contributed by atoms with Gasteiger partial charge in [-0.15, -0.1) is 0 Å². The van der Waals surface area contributed by atoms with E-state index in [9.17, 15) is 23.2 Å². The van der Waals surface area contributed by atoms with E-state index in [4.69, 9.17) is 4.42 Å². The Morgan fingerprint density at radius 1 is 1.31 bits per heavy atom. The van der Waals surface area contributed by atoms with Crippen molar-refractivity contribution >= 4 is 17.8 Å². The van der Waals surface area contributed by atoms with Crippen molar-refractivity contribution in [3.63, 3.8) is 0 Å². The molecule has 1 aliphatic rings. The minimum atomic E-state index is -1.73. The van der Waals surface area contributed by atoms with Gasteiger partial charge in [0, 0.05) is 11.6 Å². The molecule has 0 aliphatic carbocycles. The Morgan fingerprint density at radius 3 is 2.73 bits per heavy atom. The number of nitrogens with zero attached hydrogens (tertiary/aromatic N) is 1. The van der Waals surface area contributed by atoms with E-state index < -0.39 is 41.6 Å². The molecule has 26 heavy (non-hydrogen) atoms. The van der Waals surface area contributed by atoms with Crippen molar-refractivity contribution in [3.05, 3.63) is 59.6 Å². The van der Waals surface area contributed by atoms with Crippen molar-refractivity contribution < 1.29 is 27.6 Å². The van der Waals surface area contributed by atoms with E-state index in [0.29, 0.717) is 16.7 Å². The lowest BCUT2D eigenvalue weighted by atomic mass is 9.91. The van der Waals surface area contributed by atoms with E-state index in [1.807, 2.05) is 0 Å². The maximum atomic E-state index is 14.1. The van der Waals surface area contributed by atoms with Crippen LogP contribution >= 0.6 is 0 Å². The number of furan rings is 1. The Balaban J connectivity index is 1.72. The normalized spacial score (nSPS) is 19.6. The topological polar surface area (TPSA) is 91.7 Å². The molecule has 3 rings (SSSR count). The van der Waals surface area contributed by atoms with Gasteiger partial charge in [-0.1, -0.05) is 6.07 Å². The van der Waals surface area contributed by atoms with Crippen LogP contribution in [0, 0.1) is 11.6 Å². The molecule has 1 aliphatic heterocycles. The van der Waals surface area contributed by atoms with Gasteiger partial charge < -0.3 is 15.1 Å². The molecule has 1 saturated heterocycles. The summed E-state index contributed by atoms with van der Waals surface area (Å²) in [5.74, 6) is -2.66. The molecule has 0 bridgehead atoms. The summed E-state index contributed by atoms with van der Waals surface area (Å²) in [5, 5.41) is 4.87. The Bertz CT molecular complexity index is 869. The summed E-state index contributed by atoms with van der Waals surface area (Å²) >= 11 is 0. The van der Waals surface area contributed by atoms with Gasteiger partial charge >= 0.3 is 6.03 Å². The third-order valence-electron chi connectivity index (χ3n) is 4.09. The van der Waals surface area contributed by atoms with Crippen LogP contribution < -0.4 is 10.6 Å². The number of carbonyl (C=O) groups excluding carboxylic acids is 3. The van der Waals surface area contributed by atoms with Gasteiger partial charge in [-0.3, -0.25) is 14.5 Å². The Hall–Kier alpha value is -3.23. The molecule has 9 heteroatoms. The van der Waals surface area contributed by atoms with Gasteiger partial charge in [0.2, 0.25) is 5.91 Å². The van der Waals surface area contributed by atoms with Crippen LogP contribution in [0.15, 0.2) is 41.0 Å². The molecule has 0 spiro atoms. The van der Waals surface area contributed by atoms with E-state index in [-0.39, 0.29) is 12.1 Å². The van der Waals surface area contributed by atoms with Gasteiger partial charge in [-0.25, -0.2) is 13.6 Å². The van der Waals surface area contributed by atoms with Crippen LogP contribution in [0.1, 0.15) is 18.2 Å². The van der Waals surface area contributed by atoms with Crippen molar-refractivity contribution in [2.24, 2.45) is 0 Å². The fourth-order valence-electron chi connectivity index (χ4n) is 2.72. The summed E-state index contributed by atoms with van der Waals surface area (Å²) < 4.78 is 32.2. The Kier molecular flexibility index (Phi) is 4.45. The fourth-order valence-corrected chi connectivity index (χ4v) is 2.72. The van der Waals surface area contributed by atoms with Crippen LogP contribution in [0.25, 0.3) is 0 Å². The summed E-state index contributed by atoms with van der Waals surface area (Å²) in [7, 11) is 0. The summed E-state index contributed by atoms with van der Waals surface area (Å²) in [6.45, 7) is 0.855. The number of carbonyl (C=O) groups is 3. The lowest BCUT2D eigenvalue weighted by molar-refractivity contribution is -0.135. The average molecular weight is 363 g/mol. The highest BCUT2D eigenvalue weighted by Crippen LogP contribution is 2.30. The summed E-state index contributed by atoms with van der Waals surface area (Å²) in [6, 6.07) is 5.17. The lowest BCUT2D eigenvalue weighted by Crippen LogP contribution is -2.43. The smallest absolute Gasteiger partial charge is 0.325 e. The Morgan fingerprint density at radius 2 is 2.08 bits per heavy atom. The molecule has 1 aromatic heterocycles. The van der Waals surface area contributed by atoms with Crippen molar-refractivity contribution in [2.45, 2.75) is 19.0 Å². The van der Waals surface area contributed by atoms with Crippen molar-refractivity contribution in [1.82, 2.24) is 15.5 Å². The molecule has 1 atom stereocenters. The number of halogens is 2. The van der Waals surface area contributed by atoms with Crippen LogP contribution in [0.2, 0.25) is 0 Å². The molecular formula is C17H15F2N3O4. The number of rotatable bonds is 5. The first-order valence-corrected chi connectivity index (χ1v) is 7.70. The van der Waals surface area contributed by atoms with Crippen LogP contribution in [-0.2, 0) is 21.7 Å². The maximum Gasteiger partial charge on any atom is 0.325 e. The van der Waals surface area contributed by atoms with Gasteiger partial charge in [0.05, 0.1) is 12.8 Å².